The van der Waals surface area contributed by atoms with Crippen molar-refractivity contribution in [3.8, 4) is 11.4 Å². The van der Waals surface area contributed by atoms with E-state index in [1.165, 1.54) is 31.5 Å². The van der Waals surface area contributed by atoms with Crippen LogP contribution in [0, 0.1) is 0 Å². The Morgan fingerprint density at radius 1 is 1.15 bits per heavy atom. The zero-order chi connectivity index (χ0) is 19.7. The number of nitrogens with one attached hydrogen (secondary N) is 2. The molecule has 0 radical (unpaired) electrons. The van der Waals surface area contributed by atoms with Crippen LogP contribution in [0.2, 0.25) is 0 Å². The molecule has 0 aliphatic heterocycles. The van der Waals surface area contributed by atoms with Crippen LogP contribution in [-0.4, -0.2) is 27.7 Å². The van der Waals surface area contributed by atoms with Gasteiger partial charge >= 0.3 is 18.1 Å². The molecule has 0 unspecified atom stereocenters. The number of amides is 2. The fourth-order valence-electron chi connectivity index (χ4n) is 2.28. The van der Waals surface area contributed by atoms with Crippen molar-refractivity contribution in [1.29, 1.82) is 0 Å². The summed E-state index contributed by atoms with van der Waals surface area (Å²) in [7, 11) is 0. The number of aromatic nitrogens is 3. The van der Waals surface area contributed by atoms with Crippen molar-refractivity contribution < 1.29 is 22.5 Å². The van der Waals surface area contributed by atoms with E-state index in [0.29, 0.717) is 12.2 Å². The molecule has 0 saturated heterocycles. The Kier molecular flexibility index (Phi) is 7.56. The summed E-state index contributed by atoms with van der Waals surface area (Å²) in [4.78, 5) is 19.1. The summed E-state index contributed by atoms with van der Waals surface area (Å²) in [6, 6.07) is 2.80. The van der Waals surface area contributed by atoms with Gasteiger partial charge in [-0.3, -0.25) is 4.98 Å². The van der Waals surface area contributed by atoms with Crippen LogP contribution >= 0.6 is 0 Å². The summed E-state index contributed by atoms with van der Waals surface area (Å²) in [5.74, 6) is -1.61. The Labute approximate surface area is 154 Å². The van der Waals surface area contributed by atoms with Gasteiger partial charge in [-0.2, -0.15) is 18.2 Å². The molecule has 0 aromatic carbocycles. The first-order valence-electron chi connectivity index (χ1n) is 8.78. The lowest BCUT2D eigenvalue weighted by molar-refractivity contribution is -0.159. The second kappa shape index (κ2) is 9.89. The fourth-order valence-corrected chi connectivity index (χ4v) is 2.28. The number of carbonyl (C=O) groups excluding carboxylic acids is 1. The first kappa shape index (κ1) is 20.7. The maximum atomic E-state index is 12.5. The predicted molar refractivity (Wildman–Crippen MR) is 91.5 cm³/mol. The number of nitrogens with zero attached hydrogens (tertiary/aromatic N) is 3. The van der Waals surface area contributed by atoms with E-state index in [9.17, 15) is 18.0 Å². The summed E-state index contributed by atoms with van der Waals surface area (Å²) in [5, 5.41) is 8.73. The molecular formula is C17H22F3N5O2. The Morgan fingerprint density at radius 2 is 1.93 bits per heavy atom. The minimum Gasteiger partial charge on any atom is -0.338 e. The van der Waals surface area contributed by atoms with Crippen LogP contribution in [-0.2, 0) is 12.7 Å². The van der Waals surface area contributed by atoms with E-state index in [0.717, 1.165) is 12.8 Å². The van der Waals surface area contributed by atoms with Crippen LogP contribution in [0.3, 0.4) is 0 Å². The van der Waals surface area contributed by atoms with E-state index < -0.39 is 12.1 Å². The third-order valence-corrected chi connectivity index (χ3v) is 3.75. The number of carbonyl (C=O) groups is 1. The zero-order valence-electron chi connectivity index (χ0n) is 15.0. The van der Waals surface area contributed by atoms with E-state index in [-0.39, 0.29) is 24.0 Å². The van der Waals surface area contributed by atoms with E-state index >= 15 is 0 Å². The number of hydrogen-bond donors (Lipinski definition) is 2. The molecule has 0 atom stereocenters. The van der Waals surface area contributed by atoms with Gasteiger partial charge in [0.2, 0.25) is 5.82 Å². The zero-order valence-corrected chi connectivity index (χ0v) is 15.0. The highest BCUT2D eigenvalue weighted by Crippen LogP contribution is 2.29. The Hall–Kier alpha value is -2.65. The van der Waals surface area contributed by atoms with Gasteiger partial charge in [-0.15, -0.1) is 0 Å². The largest absolute Gasteiger partial charge is 0.471 e. The summed E-state index contributed by atoms with van der Waals surface area (Å²) in [5.41, 5.74) is 0.839. The van der Waals surface area contributed by atoms with Crippen LogP contribution in [0.5, 0.6) is 0 Å². The van der Waals surface area contributed by atoms with Gasteiger partial charge < -0.3 is 15.2 Å². The van der Waals surface area contributed by atoms with Crippen molar-refractivity contribution in [2.24, 2.45) is 0 Å². The SMILES string of the molecule is CCCCCCCNC(=O)NCc1ccc(-c2noc(C(F)(F)F)n2)cn1. The number of hydrogen-bond acceptors (Lipinski definition) is 5. The van der Waals surface area contributed by atoms with E-state index in [1.807, 2.05) is 0 Å². The molecule has 2 N–H and O–H groups in total. The number of pyridine rings is 1. The highest BCUT2D eigenvalue weighted by molar-refractivity contribution is 5.73. The molecule has 2 aromatic heterocycles. The van der Waals surface area contributed by atoms with Crippen molar-refractivity contribution in [2.45, 2.75) is 51.7 Å². The molecule has 2 aromatic rings. The predicted octanol–water partition coefficient (Wildman–Crippen LogP) is 3.92. The van der Waals surface area contributed by atoms with Gasteiger partial charge in [-0.05, 0) is 18.6 Å². The highest BCUT2D eigenvalue weighted by Gasteiger charge is 2.38. The first-order chi connectivity index (χ1) is 12.9. The van der Waals surface area contributed by atoms with Crippen molar-refractivity contribution in [3.63, 3.8) is 0 Å². The van der Waals surface area contributed by atoms with Crippen LogP contribution in [0.15, 0.2) is 22.9 Å². The normalized spacial score (nSPS) is 11.4. The van der Waals surface area contributed by atoms with Gasteiger partial charge in [0.05, 0.1) is 12.2 Å². The topological polar surface area (TPSA) is 92.9 Å². The smallest absolute Gasteiger partial charge is 0.338 e. The molecule has 27 heavy (non-hydrogen) atoms. The average molecular weight is 385 g/mol. The van der Waals surface area contributed by atoms with Crippen molar-refractivity contribution >= 4 is 6.03 Å². The minimum atomic E-state index is -4.69. The number of rotatable bonds is 9. The molecule has 148 valence electrons. The molecule has 0 spiro atoms. The number of halogens is 3. The summed E-state index contributed by atoms with van der Waals surface area (Å²) >= 11 is 0. The monoisotopic (exact) mass is 385 g/mol. The third kappa shape index (κ3) is 6.87. The van der Waals surface area contributed by atoms with Gasteiger partial charge in [0.25, 0.3) is 0 Å². The van der Waals surface area contributed by atoms with E-state index in [2.05, 4.69) is 37.2 Å². The van der Waals surface area contributed by atoms with Gasteiger partial charge in [0.15, 0.2) is 0 Å². The van der Waals surface area contributed by atoms with Crippen LogP contribution in [0.4, 0.5) is 18.0 Å². The fraction of sp³-hybridized carbons (Fsp3) is 0.529. The molecule has 10 heteroatoms. The Morgan fingerprint density at radius 3 is 2.56 bits per heavy atom. The molecule has 7 nitrogen and oxygen atoms in total. The lowest BCUT2D eigenvalue weighted by atomic mass is 10.1. The minimum absolute atomic E-state index is 0.196. The Bertz CT molecular complexity index is 716. The Balaban J connectivity index is 1.75. The van der Waals surface area contributed by atoms with Gasteiger partial charge in [0, 0.05) is 18.3 Å². The molecule has 2 rings (SSSR count). The van der Waals surface area contributed by atoms with E-state index in [1.54, 1.807) is 6.07 Å². The molecule has 0 bridgehead atoms. The van der Waals surface area contributed by atoms with Crippen molar-refractivity contribution in [2.75, 3.05) is 6.54 Å². The van der Waals surface area contributed by atoms with Crippen molar-refractivity contribution in [3.05, 3.63) is 29.9 Å². The quantitative estimate of drug-likeness (QED) is 0.638. The molecule has 0 aliphatic carbocycles. The maximum Gasteiger partial charge on any atom is 0.471 e. The van der Waals surface area contributed by atoms with E-state index in [4.69, 9.17) is 0 Å². The summed E-state index contributed by atoms with van der Waals surface area (Å²) < 4.78 is 41.6. The number of alkyl halides is 3. The van der Waals surface area contributed by atoms with Gasteiger partial charge in [0.1, 0.15) is 0 Å². The maximum absolute atomic E-state index is 12.5. The van der Waals surface area contributed by atoms with Crippen LogP contribution in [0.25, 0.3) is 11.4 Å². The van der Waals surface area contributed by atoms with Gasteiger partial charge in [-0.1, -0.05) is 37.8 Å². The molecule has 0 fully saturated rings. The standard InChI is InChI=1S/C17H22F3N5O2/c1-2-3-4-5-6-9-21-16(26)23-11-13-8-7-12(10-22-13)14-24-15(27-25-14)17(18,19)20/h7-8,10H,2-6,9,11H2,1H3,(H2,21,23,26). The summed E-state index contributed by atoms with van der Waals surface area (Å²) in [6.07, 6.45) is 2.21. The van der Waals surface area contributed by atoms with Crippen LogP contribution in [0.1, 0.15) is 50.6 Å². The van der Waals surface area contributed by atoms with Crippen LogP contribution < -0.4 is 10.6 Å². The second-order valence-electron chi connectivity index (χ2n) is 5.98. The first-order valence-corrected chi connectivity index (χ1v) is 8.78. The number of urea groups is 1. The third-order valence-electron chi connectivity index (χ3n) is 3.75. The molecule has 0 aliphatic rings. The molecule has 2 amide bonds. The number of unbranched alkanes of at least 4 members (excludes halogenated alkanes) is 4. The molecule has 0 saturated carbocycles. The lowest BCUT2D eigenvalue weighted by Gasteiger charge is -2.07. The van der Waals surface area contributed by atoms with Crippen molar-refractivity contribution in [1.82, 2.24) is 25.8 Å². The molecule has 2 heterocycles. The summed E-state index contributed by atoms with van der Waals surface area (Å²) in [6.45, 7) is 2.96. The lowest BCUT2D eigenvalue weighted by Crippen LogP contribution is -2.35. The molecular weight excluding hydrogens is 363 g/mol. The average Bonchev–Trinajstić information content (AvgIpc) is 3.14. The second-order valence-corrected chi connectivity index (χ2v) is 5.98. The van der Waals surface area contributed by atoms with Gasteiger partial charge in [-0.25, -0.2) is 4.79 Å². The highest BCUT2D eigenvalue weighted by atomic mass is 19.4.